The van der Waals surface area contributed by atoms with Crippen molar-refractivity contribution >= 4 is 22.5 Å². The fourth-order valence-corrected chi connectivity index (χ4v) is 2.54. The molecule has 0 bridgehead atoms. The van der Waals surface area contributed by atoms with Gasteiger partial charge in [0.05, 0.1) is 12.7 Å². The van der Waals surface area contributed by atoms with E-state index >= 15 is 0 Å². The van der Waals surface area contributed by atoms with E-state index in [2.05, 4.69) is 0 Å². The number of fused-ring (bicyclic) bond motifs is 1. The molecule has 0 fully saturated rings. The van der Waals surface area contributed by atoms with Crippen LogP contribution in [0, 0.1) is 0 Å². The Morgan fingerprint density at radius 2 is 1.50 bits per heavy atom. The molecule has 0 radical (unpaired) electrons. The van der Waals surface area contributed by atoms with E-state index in [1.54, 1.807) is 43.5 Å². The number of esters is 1. The molecule has 0 saturated carbocycles. The van der Waals surface area contributed by atoms with Crippen LogP contribution in [0.2, 0.25) is 0 Å². The second-order valence-electron chi connectivity index (χ2n) is 5.23. The summed E-state index contributed by atoms with van der Waals surface area (Å²) in [5, 5.41) is 1.55. The highest BCUT2D eigenvalue weighted by atomic mass is 16.5. The van der Waals surface area contributed by atoms with Crippen LogP contribution >= 0.6 is 0 Å². The van der Waals surface area contributed by atoms with E-state index in [1.807, 2.05) is 30.3 Å². The first-order valence-corrected chi connectivity index (χ1v) is 7.52. The number of carbonyl (C=O) groups is 2. The Morgan fingerprint density at radius 1 is 0.833 bits per heavy atom. The fraction of sp³-hybridized carbons (Fsp3) is 0.100. The molecule has 0 heterocycles. The molecule has 0 amide bonds. The molecule has 4 heteroatoms. The number of rotatable bonds is 5. The summed E-state index contributed by atoms with van der Waals surface area (Å²) in [5.74, 6) is -0.0811. The lowest BCUT2D eigenvalue weighted by Gasteiger charge is -2.10. The summed E-state index contributed by atoms with van der Waals surface area (Å²) in [6, 6.07) is 19.5. The van der Waals surface area contributed by atoms with Crippen LogP contribution in [0.5, 0.6) is 5.75 Å². The third-order valence-corrected chi connectivity index (χ3v) is 3.75. The van der Waals surface area contributed by atoms with Crippen molar-refractivity contribution in [3.8, 4) is 5.75 Å². The van der Waals surface area contributed by atoms with Gasteiger partial charge in [-0.25, -0.2) is 4.79 Å². The number of Topliss-reactive ketones (excluding diaryl/α,β-unsaturated/α-hetero) is 1. The summed E-state index contributed by atoms with van der Waals surface area (Å²) in [4.78, 5) is 24.4. The lowest BCUT2D eigenvalue weighted by atomic mass is 10.0. The first-order valence-electron chi connectivity index (χ1n) is 7.52. The second kappa shape index (κ2) is 6.96. The molecule has 0 N–H and O–H groups in total. The predicted octanol–water partition coefficient (Wildman–Crippen LogP) is 3.89. The summed E-state index contributed by atoms with van der Waals surface area (Å²) in [6.07, 6.45) is 0. The number of benzene rings is 3. The molecule has 3 aromatic rings. The van der Waals surface area contributed by atoms with E-state index < -0.39 is 5.97 Å². The van der Waals surface area contributed by atoms with Crippen molar-refractivity contribution in [2.24, 2.45) is 0 Å². The first kappa shape index (κ1) is 15.7. The summed E-state index contributed by atoms with van der Waals surface area (Å²) in [5.41, 5.74) is 0.928. The molecule has 0 aliphatic heterocycles. The van der Waals surface area contributed by atoms with Gasteiger partial charge >= 0.3 is 5.97 Å². The summed E-state index contributed by atoms with van der Waals surface area (Å²) >= 11 is 0. The van der Waals surface area contributed by atoms with Crippen LogP contribution in [0.4, 0.5) is 0 Å². The van der Waals surface area contributed by atoms with E-state index in [0.29, 0.717) is 16.9 Å². The Bertz CT molecular complexity index is 885. The van der Waals surface area contributed by atoms with E-state index in [-0.39, 0.29) is 12.4 Å². The normalized spacial score (nSPS) is 10.4. The number of ketones is 1. The van der Waals surface area contributed by atoms with Gasteiger partial charge in [0.25, 0.3) is 0 Å². The van der Waals surface area contributed by atoms with Gasteiger partial charge in [0.2, 0.25) is 0 Å². The smallest absolute Gasteiger partial charge is 0.339 e. The van der Waals surface area contributed by atoms with Gasteiger partial charge in [-0.05, 0) is 17.5 Å². The van der Waals surface area contributed by atoms with Crippen LogP contribution in [-0.2, 0) is 4.74 Å². The SMILES string of the molecule is COc1ccc(C(=O)OCC(=O)c2ccccc2)c2ccccc12. The maximum absolute atomic E-state index is 12.4. The molecule has 3 rings (SSSR count). The molecule has 0 saturated heterocycles. The van der Waals surface area contributed by atoms with E-state index in [9.17, 15) is 9.59 Å². The average molecular weight is 320 g/mol. The van der Waals surface area contributed by atoms with Gasteiger partial charge < -0.3 is 9.47 Å². The Labute approximate surface area is 139 Å². The van der Waals surface area contributed by atoms with Crippen LogP contribution in [0.3, 0.4) is 0 Å². The highest BCUT2D eigenvalue weighted by Crippen LogP contribution is 2.28. The second-order valence-corrected chi connectivity index (χ2v) is 5.23. The maximum Gasteiger partial charge on any atom is 0.339 e. The topological polar surface area (TPSA) is 52.6 Å². The van der Waals surface area contributed by atoms with Gasteiger partial charge in [0.1, 0.15) is 5.75 Å². The highest BCUT2D eigenvalue weighted by molar-refractivity contribution is 6.07. The standard InChI is InChI=1S/C20H16O4/c1-23-19-12-11-17(15-9-5-6-10-16(15)19)20(22)24-13-18(21)14-7-3-2-4-8-14/h2-12H,13H2,1H3. The van der Waals surface area contributed by atoms with Gasteiger partial charge in [0, 0.05) is 10.9 Å². The molecular weight excluding hydrogens is 304 g/mol. The van der Waals surface area contributed by atoms with Crippen molar-refractivity contribution in [3.63, 3.8) is 0 Å². The van der Waals surface area contributed by atoms with Crippen molar-refractivity contribution in [1.29, 1.82) is 0 Å². The lowest BCUT2D eigenvalue weighted by Crippen LogP contribution is -2.14. The molecule has 0 atom stereocenters. The maximum atomic E-state index is 12.4. The average Bonchev–Trinajstić information content (AvgIpc) is 2.65. The molecule has 4 nitrogen and oxygen atoms in total. The minimum atomic E-state index is -0.530. The Kier molecular flexibility index (Phi) is 4.57. The summed E-state index contributed by atoms with van der Waals surface area (Å²) < 4.78 is 10.5. The van der Waals surface area contributed by atoms with Crippen LogP contribution in [0.25, 0.3) is 10.8 Å². The largest absolute Gasteiger partial charge is 0.496 e. The number of hydrogen-bond donors (Lipinski definition) is 0. The molecular formula is C20H16O4. The quantitative estimate of drug-likeness (QED) is 0.529. The summed E-state index contributed by atoms with van der Waals surface area (Å²) in [6.45, 7) is -0.288. The third-order valence-electron chi connectivity index (χ3n) is 3.75. The molecule has 3 aromatic carbocycles. The Hall–Kier alpha value is -3.14. The van der Waals surface area contributed by atoms with Crippen molar-refractivity contribution < 1.29 is 19.1 Å². The number of carbonyl (C=O) groups excluding carboxylic acids is 2. The molecule has 0 unspecified atom stereocenters. The molecule has 0 spiro atoms. The molecule has 0 aliphatic rings. The third kappa shape index (κ3) is 3.13. The molecule has 24 heavy (non-hydrogen) atoms. The Balaban J connectivity index is 1.81. The van der Waals surface area contributed by atoms with Gasteiger partial charge in [-0.1, -0.05) is 54.6 Å². The van der Waals surface area contributed by atoms with Gasteiger partial charge in [0.15, 0.2) is 12.4 Å². The van der Waals surface area contributed by atoms with Crippen molar-refractivity contribution in [3.05, 3.63) is 77.9 Å². The van der Waals surface area contributed by atoms with Crippen LogP contribution in [0.1, 0.15) is 20.7 Å². The van der Waals surface area contributed by atoms with E-state index in [0.717, 1.165) is 10.8 Å². The molecule has 120 valence electrons. The Morgan fingerprint density at radius 3 is 2.21 bits per heavy atom. The van der Waals surface area contributed by atoms with Gasteiger partial charge in [-0.2, -0.15) is 0 Å². The fourth-order valence-electron chi connectivity index (χ4n) is 2.54. The van der Waals surface area contributed by atoms with Crippen LogP contribution in [0.15, 0.2) is 66.7 Å². The zero-order valence-corrected chi connectivity index (χ0v) is 13.2. The lowest BCUT2D eigenvalue weighted by molar-refractivity contribution is 0.0476. The number of ether oxygens (including phenoxy) is 2. The zero-order chi connectivity index (χ0) is 16.9. The van der Waals surface area contributed by atoms with Gasteiger partial charge in [-0.15, -0.1) is 0 Å². The zero-order valence-electron chi connectivity index (χ0n) is 13.2. The number of methoxy groups -OCH3 is 1. The monoisotopic (exact) mass is 320 g/mol. The minimum Gasteiger partial charge on any atom is -0.496 e. The summed E-state index contributed by atoms with van der Waals surface area (Å²) in [7, 11) is 1.58. The molecule has 0 aromatic heterocycles. The van der Waals surface area contributed by atoms with Crippen LogP contribution < -0.4 is 4.74 Å². The van der Waals surface area contributed by atoms with Crippen LogP contribution in [-0.4, -0.2) is 25.5 Å². The minimum absolute atomic E-state index is 0.234. The van der Waals surface area contributed by atoms with Gasteiger partial charge in [-0.3, -0.25) is 4.79 Å². The van der Waals surface area contributed by atoms with Crippen molar-refractivity contribution in [2.75, 3.05) is 13.7 Å². The van der Waals surface area contributed by atoms with Crippen molar-refractivity contribution in [2.45, 2.75) is 0 Å². The van der Waals surface area contributed by atoms with E-state index in [4.69, 9.17) is 9.47 Å². The highest BCUT2D eigenvalue weighted by Gasteiger charge is 2.15. The number of hydrogen-bond acceptors (Lipinski definition) is 4. The van der Waals surface area contributed by atoms with Crippen molar-refractivity contribution in [1.82, 2.24) is 0 Å². The first-order chi connectivity index (χ1) is 11.7. The van der Waals surface area contributed by atoms with E-state index in [1.165, 1.54) is 0 Å². The predicted molar refractivity (Wildman–Crippen MR) is 91.6 cm³/mol. The molecule has 0 aliphatic carbocycles.